The van der Waals surface area contributed by atoms with E-state index in [4.69, 9.17) is 0 Å². The number of carbonyl (C=O) groups is 1. The van der Waals surface area contributed by atoms with Gasteiger partial charge in [-0.3, -0.25) is 9.69 Å². The highest BCUT2D eigenvalue weighted by Crippen LogP contribution is 2.23. The Kier molecular flexibility index (Phi) is 5.15. The van der Waals surface area contributed by atoms with Crippen LogP contribution in [0.15, 0.2) is 24.3 Å². The van der Waals surface area contributed by atoms with Gasteiger partial charge in [-0.15, -0.1) is 0 Å². The molecule has 1 aromatic rings. The number of amides is 1. The molecule has 1 fully saturated rings. The SMILES string of the molecule is CCNC(=O)C1CNCCN1C(C)c1ccc(C)cc1. The van der Waals surface area contributed by atoms with Gasteiger partial charge in [0.1, 0.15) is 6.04 Å². The highest BCUT2D eigenvalue weighted by Gasteiger charge is 2.31. The number of nitrogens with zero attached hydrogens (tertiary/aromatic N) is 1. The number of piperazine rings is 1. The van der Waals surface area contributed by atoms with Gasteiger partial charge in [-0.1, -0.05) is 29.8 Å². The molecule has 2 N–H and O–H groups in total. The zero-order valence-corrected chi connectivity index (χ0v) is 12.6. The van der Waals surface area contributed by atoms with Crippen LogP contribution in [0.3, 0.4) is 0 Å². The summed E-state index contributed by atoms with van der Waals surface area (Å²) in [5, 5.41) is 6.26. The van der Waals surface area contributed by atoms with Gasteiger partial charge < -0.3 is 10.6 Å². The number of rotatable bonds is 4. The molecule has 0 saturated carbocycles. The molecule has 1 heterocycles. The largest absolute Gasteiger partial charge is 0.355 e. The quantitative estimate of drug-likeness (QED) is 0.874. The van der Waals surface area contributed by atoms with E-state index < -0.39 is 0 Å². The number of likely N-dealkylation sites (N-methyl/N-ethyl adjacent to an activating group) is 1. The molecule has 0 aliphatic carbocycles. The van der Waals surface area contributed by atoms with E-state index in [9.17, 15) is 4.79 Å². The summed E-state index contributed by atoms with van der Waals surface area (Å²) in [4.78, 5) is 14.5. The monoisotopic (exact) mass is 275 g/mol. The van der Waals surface area contributed by atoms with Crippen LogP contribution in [-0.4, -0.2) is 43.0 Å². The van der Waals surface area contributed by atoms with Crippen LogP contribution in [0.5, 0.6) is 0 Å². The molecular weight excluding hydrogens is 250 g/mol. The third kappa shape index (κ3) is 3.38. The maximum absolute atomic E-state index is 12.2. The summed E-state index contributed by atoms with van der Waals surface area (Å²) >= 11 is 0. The molecule has 2 atom stereocenters. The lowest BCUT2D eigenvalue weighted by atomic mass is 10.0. The van der Waals surface area contributed by atoms with Gasteiger partial charge in [0.25, 0.3) is 0 Å². The molecule has 1 aliphatic rings. The molecule has 2 unspecified atom stereocenters. The number of benzene rings is 1. The standard InChI is InChI=1S/C16H25N3O/c1-4-18-16(20)15-11-17-9-10-19(15)13(3)14-7-5-12(2)6-8-14/h5-8,13,15,17H,4,9-11H2,1-3H3,(H,18,20). The van der Waals surface area contributed by atoms with E-state index in [1.165, 1.54) is 11.1 Å². The summed E-state index contributed by atoms with van der Waals surface area (Å²) in [6.45, 7) is 9.48. The first kappa shape index (κ1) is 15.0. The summed E-state index contributed by atoms with van der Waals surface area (Å²) in [7, 11) is 0. The molecule has 1 aromatic carbocycles. The summed E-state index contributed by atoms with van der Waals surface area (Å²) in [6, 6.07) is 8.77. The number of hydrogen-bond acceptors (Lipinski definition) is 3. The predicted molar refractivity (Wildman–Crippen MR) is 81.6 cm³/mol. The van der Waals surface area contributed by atoms with Crippen molar-refractivity contribution < 1.29 is 4.79 Å². The van der Waals surface area contributed by atoms with Crippen molar-refractivity contribution in [3.63, 3.8) is 0 Å². The molecule has 20 heavy (non-hydrogen) atoms. The average molecular weight is 275 g/mol. The first-order valence-corrected chi connectivity index (χ1v) is 7.44. The number of aryl methyl sites for hydroxylation is 1. The van der Waals surface area contributed by atoms with Crippen molar-refractivity contribution in [3.8, 4) is 0 Å². The van der Waals surface area contributed by atoms with Gasteiger partial charge in [-0.2, -0.15) is 0 Å². The van der Waals surface area contributed by atoms with Gasteiger partial charge in [-0.05, 0) is 26.3 Å². The smallest absolute Gasteiger partial charge is 0.238 e. The molecule has 110 valence electrons. The molecule has 1 amide bonds. The van der Waals surface area contributed by atoms with Gasteiger partial charge in [0.2, 0.25) is 5.91 Å². The van der Waals surface area contributed by atoms with Crippen LogP contribution < -0.4 is 10.6 Å². The molecule has 2 rings (SSSR count). The Morgan fingerprint density at radius 3 is 2.80 bits per heavy atom. The third-order valence-corrected chi connectivity index (χ3v) is 4.00. The zero-order valence-electron chi connectivity index (χ0n) is 12.6. The van der Waals surface area contributed by atoms with Gasteiger partial charge in [-0.25, -0.2) is 0 Å². The van der Waals surface area contributed by atoms with Crippen LogP contribution in [0, 0.1) is 6.92 Å². The molecule has 4 nitrogen and oxygen atoms in total. The highest BCUT2D eigenvalue weighted by atomic mass is 16.2. The Morgan fingerprint density at radius 1 is 1.45 bits per heavy atom. The van der Waals surface area contributed by atoms with Crippen molar-refractivity contribution in [1.82, 2.24) is 15.5 Å². The molecule has 1 aliphatic heterocycles. The van der Waals surface area contributed by atoms with E-state index in [0.717, 1.165) is 19.6 Å². The van der Waals surface area contributed by atoms with Crippen molar-refractivity contribution in [1.29, 1.82) is 0 Å². The van der Waals surface area contributed by atoms with Crippen LogP contribution in [-0.2, 0) is 4.79 Å². The second-order valence-electron chi connectivity index (χ2n) is 5.44. The topological polar surface area (TPSA) is 44.4 Å². The lowest BCUT2D eigenvalue weighted by Crippen LogP contribution is -2.58. The van der Waals surface area contributed by atoms with Crippen LogP contribution in [0.4, 0.5) is 0 Å². The first-order chi connectivity index (χ1) is 9.63. The molecule has 0 radical (unpaired) electrons. The minimum atomic E-state index is -0.0833. The van der Waals surface area contributed by atoms with Crippen molar-refractivity contribution >= 4 is 5.91 Å². The molecule has 0 aromatic heterocycles. The van der Waals surface area contributed by atoms with Crippen molar-refractivity contribution in [2.24, 2.45) is 0 Å². The Hall–Kier alpha value is -1.39. The van der Waals surface area contributed by atoms with Crippen molar-refractivity contribution in [2.45, 2.75) is 32.9 Å². The van der Waals surface area contributed by atoms with E-state index in [1.807, 2.05) is 6.92 Å². The second-order valence-corrected chi connectivity index (χ2v) is 5.44. The Balaban J connectivity index is 2.14. The lowest BCUT2D eigenvalue weighted by molar-refractivity contribution is -0.128. The lowest BCUT2D eigenvalue weighted by Gasteiger charge is -2.39. The fourth-order valence-electron chi connectivity index (χ4n) is 2.76. The third-order valence-electron chi connectivity index (χ3n) is 4.00. The van der Waals surface area contributed by atoms with Crippen molar-refractivity contribution in [2.75, 3.05) is 26.2 Å². The van der Waals surface area contributed by atoms with E-state index >= 15 is 0 Å². The fourth-order valence-corrected chi connectivity index (χ4v) is 2.76. The average Bonchev–Trinajstić information content (AvgIpc) is 2.47. The molecule has 0 spiro atoms. The number of hydrogen-bond donors (Lipinski definition) is 2. The van der Waals surface area contributed by atoms with Crippen LogP contribution in [0.25, 0.3) is 0 Å². The van der Waals surface area contributed by atoms with E-state index in [2.05, 4.69) is 53.6 Å². The van der Waals surface area contributed by atoms with Crippen molar-refractivity contribution in [3.05, 3.63) is 35.4 Å². The molecule has 1 saturated heterocycles. The van der Waals surface area contributed by atoms with Gasteiger partial charge in [0.05, 0.1) is 0 Å². The Labute approximate surface area is 121 Å². The Morgan fingerprint density at radius 2 is 2.15 bits per heavy atom. The molecular formula is C16H25N3O. The van der Waals surface area contributed by atoms with Crippen LogP contribution in [0.1, 0.15) is 31.0 Å². The molecule has 0 bridgehead atoms. The predicted octanol–water partition coefficient (Wildman–Crippen LogP) is 1.47. The fraction of sp³-hybridized carbons (Fsp3) is 0.562. The minimum absolute atomic E-state index is 0.0833. The van der Waals surface area contributed by atoms with E-state index in [-0.39, 0.29) is 18.0 Å². The Bertz CT molecular complexity index is 444. The number of carbonyl (C=O) groups excluding carboxylic acids is 1. The highest BCUT2D eigenvalue weighted by molar-refractivity contribution is 5.82. The van der Waals surface area contributed by atoms with Crippen LogP contribution >= 0.6 is 0 Å². The normalized spacial score (nSPS) is 21.4. The molecule has 4 heteroatoms. The van der Waals surface area contributed by atoms with E-state index in [0.29, 0.717) is 6.54 Å². The van der Waals surface area contributed by atoms with Gasteiger partial charge in [0, 0.05) is 32.2 Å². The maximum Gasteiger partial charge on any atom is 0.238 e. The zero-order chi connectivity index (χ0) is 14.5. The first-order valence-electron chi connectivity index (χ1n) is 7.44. The van der Waals surface area contributed by atoms with Gasteiger partial charge in [0.15, 0.2) is 0 Å². The summed E-state index contributed by atoms with van der Waals surface area (Å²) < 4.78 is 0. The summed E-state index contributed by atoms with van der Waals surface area (Å²) in [5.74, 6) is 0.124. The maximum atomic E-state index is 12.2. The minimum Gasteiger partial charge on any atom is -0.355 e. The summed E-state index contributed by atoms with van der Waals surface area (Å²) in [6.07, 6.45) is 0. The number of nitrogens with one attached hydrogen (secondary N) is 2. The van der Waals surface area contributed by atoms with Crippen LogP contribution in [0.2, 0.25) is 0 Å². The van der Waals surface area contributed by atoms with Gasteiger partial charge >= 0.3 is 0 Å². The summed E-state index contributed by atoms with van der Waals surface area (Å²) in [5.41, 5.74) is 2.54. The van der Waals surface area contributed by atoms with E-state index in [1.54, 1.807) is 0 Å². The second kappa shape index (κ2) is 6.86.